The number of rotatable bonds is 6. The zero-order chi connectivity index (χ0) is 13.7. The van der Waals surface area contributed by atoms with Gasteiger partial charge in [-0.3, -0.25) is 0 Å². The summed E-state index contributed by atoms with van der Waals surface area (Å²) < 4.78 is 10.6. The molecule has 1 fully saturated rings. The van der Waals surface area contributed by atoms with Gasteiger partial charge in [-0.05, 0) is 44.9 Å². The van der Waals surface area contributed by atoms with Gasteiger partial charge in [0.05, 0.1) is 5.54 Å². The highest BCUT2D eigenvalue weighted by molar-refractivity contribution is 5.05. The molecule has 5 nitrogen and oxygen atoms in total. The Balaban J connectivity index is 1.89. The molecule has 1 aromatic heterocycles. The number of nitrogens with two attached hydrogens (primary N) is 1. The van der Waals surface area contributed by atoms with Gasteiger partial charge in [-0.2, -0.15) is 4.98 Å². The monoisotopic (exact) mass is 267 g/mol. The van der Waals surface area contributed by atoms with E-state index in [1.807, 2.05) is 6.92 Å². The summed E-state index contributed by atoms with van der Waals surface area (Å²) in [5.41, 5.74) is 6.04. The van der Waals surface area contributed by atoms with E-state index < -0.39 is 0 Å². The lowest BCUT2D eigenvalue weighted by Gasteiger charge is -2.33. The number of aromatic nitrogens is 2. The summed E-state index contributed by atoms with van der Waals surface area (Å²) in [5, 5.41) is 4.08. The Labute approximate surface area is 114 Å². The largest absolute Gasteiger partial charge is 0.382 e. The van der Waals surface area contributed by atoms with E-state index >= 15 is 0 Å². The van der Waals surface area contributed by atoms with Crippen LogP contribution in [0.4, 0.5) is 0 Å². The molecule has 0 radical (unpaired) electrons. The summed E-state index contributed by atoms with van der Waals surface area (Å²) in [4.78, 5) is 4.47. The molecule has 0 amide bonds. The SMILES string of the molecule is CCOCCCc1nc(C2(N)CCC(C)CC2)no1. The highest BCUT2D eigenvalue weighted by atomic mass is 16.5. The second-order valence-electron chi connectivity index (χ2n) is 5.65. The van der Waals surface area contributed by atoms with Crippen molar-refractivity contribution >= 4 is 0 Å². The lowest BCUT2D eigenvalue weighted by molar-refractivity contribution is 0.143. The molecule has 1 aliphatic carbocycles. The van der Waals surface area contributed by atoms with E-state index in [0.717, 1.165) is 57.7 Å². The summed E-state index contributed by atoms with van der Waals surface area (Å²) in [6.07, 6.45) is 5.86. The van der Waals surface area contributed by atoms with Crippen molar-refractivity contribution in [3.63, 3.8) is 0 Å². The van der Waals surface area contributed by atoms with Gasteiger partial charge in [0.1, 0.15) is 0 Å². The summed E-state index contributed by atoms with van der Waals surface area (Å²) in [6, 6.07) is 0. The quantitative estimate of drug-likeness (QED) is 0.801. The van der Waals surface area contributed by atoms with Crippen LogP contribution in [-0.4, -0.2) is 23.4 Å². The Morgan fingerprint density at radius 2 is 2.16 bits per heavy atom. The third kappa shape index (κ3) is 3.76. The predicted octanol–water partition coefficient (Wildman–Crippen LogP) is 2.40. The van der Waals surface area contributed by atoms with Crippen LogP contribution in [0.1, 0.15) is 57.7 Å². The second-order valence-corrected chi connectivity index (χ2v) is 5.65. The molecular formula is C14H25N3O2. The van der Waals surface area contributed by atoms with Crippen molar-refractivity contribution < 1.29 is 9.26 Å². The molecule has 1 saturated carbocycles. The van der Waals surface area contributed by atoms with Gasteiger partial charge in [-0.1, -0.05) is 12.1 Å². The predicted molar refractivity (Wildman–Crippen MR) is 72.6 cm³/mol. The maximum Gasteiger partial charge on any atom is 0.226 e. The van der Waals surface area contributed by atoms with E-state index in [2.05, 4.69) is 17.1 Å². The van der Waals surface area contributed by atoms with Crippen molar-refractivity contribution in [1.82, 2.24) is 10.1 Å². The Kier molecular flexibility index (Phi) is 4.93. The minimum atomic E-state index is -0.381. The first-order chi connectivity index (χ1) is 9.14. The molecule has 0 aliphatic heterocycles. The van der Waals surface area contributed by atoms with E-state index in [1.165, 1.54) is 0 Å². The van der Waals surface area contributed by atoms with Gasteiger partial charge < -0.3 is 15.0 Å². The summed E-state index contributed by atoms with van der Waals surface area (Å²) in [6.45, 7) is 5.75. The van der Waals surface area contributed by atoms with E-state index in [1.54, 1.807) is 0 Å². The molecule has 0 bridgehead atoms. The van der Waals surface area contributed by atoms with Crippen LogP contribution in [-0.2, 0) is 16.7 Å². The Bertz CT molecular complexity index is 384. The van der Waals surface area contributed by atoms with Gasteiger partial charge in [-0.15, -0.1) is 0 Å². The van der Waals surface area contributed by atoms with Crippen molar-refractivity contribution in [2.24, 2.45) is 11.7 Å². The van der Waals surface area contributed by atoms with Gasteiger partial charge in [0.15, 0.2) is 5.82 Å². The van der Waals surface area contributed by atoms with Crippen molar-refractivity contribution in [2.75, 3.05) is 13.2 Å². The number of hydrogen-bond donors (Lipinski definition) is 1. The maximum absolute atomic E-state index is 6.42. The van der Waals surface area contributed by atoms with Gasteiger partial charge in [-0.25, -0.2) is 0 Å². The molecule has 5 heteroatoms. The average Bonchev–Trinajstić information content (AvgIpc) is 2.88. The topological polar surface area (TPSA) is 74.2 Å². The summed E-state index contributed by atoms with van der Waals surface area (Å²) in [5.74, 6) is 2.12. The molecule has 0 spiro atoms. The smallest absolute Gasteiger partial charge is 0.226 e. The summed E-state index contributed by atoms with van der Waals surface area (Å²) >= 11 is 0. The van der Waals surface area contributed by atoms with E-state index in [9.17, 15) is 0 Å². The highest BCUT2D eigenvalue weighted by Gasteiger charge is 2.36. The molecule has 1 aromatic rings. The Morgan fingerprint density at radius 1 is 1.42 bits per heavy atom. The molecule has 19 heavy (non-hydrogen) atoms. The van der Waals surface area contributed by atoms with Crippen LogP contribution >= 0.6 is 0 Å². The van der Waals surface area contributed by atoms with Crippen molar-refractivity contribution in [2.45, 2.75) is 57.9 Å². The van der Waals surface area contributed by atoms with Gasteiger partial charge in [0, 0.05) is 19.6 Å². The van der Waals surface area contributed by atoms with E-state index in [0.29, 0.717) is 11.7 Å². The van der Waals surface area contributed by atoms with Crippen LogP contribution in [0, 0.1) is 5.92 Å². The molecule has 108 valence electrons. The molecule has 2 N–H and O–H groups in total. The van der Waals surface area contributed by atoms with Crippen LogP contribution in [0.15, 0.2) is 4.52 Å². The molecular weight excluding hydrogens is 242 g/mol. The molecule has 1 aliphatic rings. The van der Waals surface area contributed by atoms with Crippen LogP contribution in [0.5, 0.6) is 0 Å². The van der Waals surface area contributed by atoms with Crippen LogP contribution in [0.25, 0.3) is 0 Å². The highest BCUT2D eigenvalue weighted by Crippen LogP contribution is 2.35. The van der Waals surface area contributed by atoms with Crippen molar-refractivity contribution in [3.05, 3.63) is 11.7 Å². The minimum Gasteiger partial charge on any atom is -0.382 e. The van der Waals surface area contributed by atoms with E-state index in [-0.39, 0.29) is 5.54 Å². The van der Waals surface area contributed by atoms with E-state index in [4.69, 9.17) is 15.0 Å². The molecule has 1 heterocycles. The lowest BCUT2D eigenvalue weighted by Crippen LogP contribution is -2.41. The fourth-order valence-electron chi connectivity index (χ4n) is 2.53. The normalized spacial score (nSPS) is 27.6. The Morgan fingerprint density at radius 3 is 2.84 bits per heavy atom. The average molecular weight is 267 g/mol. The minimum absolute atomic E-state index is 0.381. The van der Waals surface area contributed by atoms with Crippen molar-refractivity contribution in [3.8, 4) is 0 Å². The van der Waals surface area contributed by atoms with Gasteiger partial charge in [0.2, 0.25) is 5.89 Å². The first kappa shape index (κ1) is 14.5. The van der Waals surface area contributed by atoms with Gasteiger partial charge >= 0.3 is 0 Å². The summed E-state index contributed by atoms with van der Waals surface area (Å²) in [7, 11) is 0. The Hall–Kier alpha value is -0.940. The first-order valence-corrected chi connectivity index (χ1v) is 7.34. The zero-order valence-corrected chi connectivity index (χ0v) is 12.0. The lowest BCUT2D eigenvalue weighted by atomic mass is 9.77. The number of nitrogens with zero attached hydrogens (tertiary/aromatic N) is 2. The third-order valence-electron chi connectivity index (χ3n) is 3.96. The van der Waals surface area contributed by atoms with Crippen LogP contribution < -0.4 is 5.73 Å². The fourth-order valence-corrected chi connectivity index (χ4v) is 2.53. The van der Waals surface area contributed by atoms with Crippen molar-refractivity contribution in [1.29, 1.82) is 0 Å². The standard InChI is InChI=1S/C14H25N3O2/c1-3-18-10-4-5-12-16-13(17-19-12)14(15)8-6-11(2)7-9-14/h11H,3-10,15H2,1-2H3. The second kappa shape index (κ2) is 6.48. The maximum atomic E-state index is 6.42. The van der Waals surface area contributed by atoms with Crippen LogP contribution in [0.3, 0.4) is 0 Å². The molecule has 0 aromatic carbocycles. The molecule has 0 atom stereocenters. The third-order valence-corrected chi connectivity index (χ3v) is 3.96. The number of aryl methyl sites for hydroxylation is 1. The van der Waals surface area contributed by atoms with Crippen LogP contribution in [0.2, 0.25) is 0 Å². The number of hydrogen-bond acceptors (Lipinski definition) is 5. The first-order valence-electron chi connectivity index (χ1n) is 7.34. The molecule has 2 rings (SSSR count). The molecule has 0 unspecified atom stereocenters. The fraction of sp³-hybridized carbons (Fsp3) is 0.857. The zero-order valence-electron chi connectivity index (χ0n) is 12.0. The van der Waals surface area contributed by atoms with Gasteiger partial charge in [0.25, 0.3) is 0 Å². The molecule has 0 saturated heterocycles. The number of ether oxygens (including phenoxy) is 1.